The van der Waals surface area contributed by atoms with E-state index < -0.39 is 0 Å². The van der Waals surface area contributed by atoms with E-state index in [0.717, 1.165) is 13.0 Å². The van der Waals surface area contributed by atoms with Crippen LogP contribution in [0.1, 0.15) is 13.3 Å². The first kappa shape index (κ1) is 14.7. The molecule has 21 heavy (non-hydrogen) atoms. The summed E-state index contributed by atoms with van der Waals surface area (Å²) in [4.78, 5) is 24.0. The highest BCUT2D eigenvalue weighted by Gasteiger charge is 2.09. The molecule has 0 bridgehead atoms. The molecule has 3 N–H and O–H groups in total. The van der Waals surface area contributed by atoms with Gasteiger partial charge in [0, 0.05) is 26.0 Å². The van der Waals surface area contributed by atoms with Crippen molar-refractivity contribution in [2.75, 3.05) is 30.8 Å². The van der Waals surface area contributed by atoms with Crippen LogP contribution in [0, 0.1) is 0 Å². The number of amides is 1. The fourth-order valence-corrected chi connectivity index (χ4v) is 1.50. The third kappa shape index (κ3) is 4.13. The molecule has 0 saturated carbocycles. The Kier molecular flexibility index (Phi) is 5.02. The number of aromatic nitrogens is 5. The molecule has 0 radical (unpaired) electrons. The second-order valence-corrected chi connectivity index (χ2v) is 4.19. The van der Waals surface area contributed by atoms with Crippen LogP contribution in [0.25, 0.3) is 5.95 Å². The van der Waals surface area contributed by atoms with Crippen LogP contribution in [0.15, 0.2) is 18.5 Å². The number of nitrogens with one attached hydrogen (secondary N) is 3. The summed E-state index contributed by atoms with van der Waals surface area (Å²) in [6, 6.07) is 1.78. The average Bonchev–Trinajstić information content (AvgIpc) is 3.04. The summed E-state index contributed by atoms with van der Waals surface area (Å²) in [5.74, 6) is 0.988. The van der Waals surface area contributed by atoms with Gasteiger partial charge in [-0.1, -0.05) is 6.92 Å². The summed E-state index contributed by atoms with van der Waals surface area (Å²) < 4.78 is 1.53. The van der Waals surface area contributed by atoms with Crippen LogP contribution in [-0.2, 0) is 4.79 Å². The Hall–Kier alpha value is -2.71. The van der Waals surface area contributed by atoms with E-state index >= 15 is 0 Å². The zero-order valence-corrected chi connectivity index (χ0v) is 12.0. The van der Waals surface area contributed by atoms with Crippen molar-refractivity contribution in [2.24, 2.45) is 0 Å². The van der Waals surface area contributed by atoms with E-state index in [4.69, 9.17) is 0 Å². The van der Waals surface area contributed by atoms with Crippen LogP contribution in [0.4, 0.5) is 11.9 Å². The monoisotopic (exact) mass is 290 g/mol. The molecule has 2 aromatic heterocycles. The molecule has 2 rings (SSSR count). The van der Waals surface area contributed by atoms with Crippen molar-refractivity contribution in [3.63, 3.8) is 0 Å². The Balaban J connectivity index is 2.22. The van der Waals surface area contributed by atoms with Crippen LogP contribution in [0.3, 0.4) is 0 Å². The smallest absolute Gasteiger partial charge is 0.257 e. The predicted octanol–water partition coefficient (Wildman–Crippen LogP) is 0.0371. The molecule has 0 aliphatic heterocycles. The van der Waals surface area contributed by atoms with Gasteiger partial charge in [-0.05, 0) is 12.5 Å². The number of nitrogens with zero attached hydrogens (tertiary/aromatic N) is 5. The van der Waals surface area contributed by atoms with E-state index in [1.807, 2.05) is 6.92 Å². The van der Waals surface area contributed by atoms with Crippen molar-refractivity contribution in [1.82, 2.24) is 30.0 Å². The predicted molar refractivity (Wildman–Crippen MR) is 78.3 cm³/mol. The number of carbonyl (C=O) groups excluding carboxylic acids is 1. The fraction of sp³-hybridized carbons (Fsp3) is 0.417. The third-order valence-electron chi connectivity index (χ3n) is 2.55. The molecule has 9 heteroatoms. The minimum Gasteiger partial charge on any atom is -0.358 e. The lowest BCUT2D eigenvalue weighted by Gasteiger charge is -2.09. The van der Waals surface area contributed by atoms with Crippen molar-refractivity contribution >= 4 is 17.8 Å². The number of carbonyl (C=O) groups is 1. The topological polar surface area (TPSA) is 110 Å². The Morgan fingerprint density at radius 1 is 1.24 bits per heavy atom. The Morgan fingerprint density at radius 3 is 2.62 bits per heavy atom. The van der Waals surface area contributed by atoms with Gasteiger partial charge in [0.15, 0.2) is 0 Å². The van der Waals surface area contributed by atoms with E-state index in [1.54, 1.807) is 25.5 Å². The molecular weight excluding hydrogens is 272 g/mol. The summed E-state index contributed by atoms with van der Waals surface area (Å²) in [7, 11) is 1.57. The van der Waals surface area contributed by atoms with E-state index in [0.29, 0.717) is 17.8 Å². The largest absolute Gasteiger partial charge is 0.358 e. The van der Waals surface area contributed by atoms with Gasteiger partial charge in [-0.15, -0.1) is 0 Å². The van der Waals surface area contributed by atoms with Crippen LogP contribution in [0.2, 0.25) is 0 Å². The lowest BCUT2D eigenvalue weighted by molar-refractivity contribution is -0.118. The van der Waals surface area contributed by atoms with Crippen molar-refractivity contribution in [1.29, 1.82) is 0 Å². The number of likely N-dealkylation sites (N-methyl/N-ethyl adjacent to an activating group) is 1. The normalized spacial score (nSPS) is 10.2. The molecule has 0 aliphatic rings. The zero-order valence-electron chi connectivity index (χ0n) is 12.0. The summed E-state index contributed by atoms with van der Waals surface area (Å²) >= 11 is 0. The maximum absolute atomic E-state index is 11.3. The first-order chi connectivity index (χ1) is 10.2. The van der Waals surface area contributed by atoms with Gasteiger partial charge in [0.2, 0.25) is 17.8 Å². The minimum atomic E-state index is -0.154. The summed E-state index contributed by atoms with van der Waals surface area (Å²) in [5, 5.41) is 12.6. The van der Waals surface area contributed by atoms with Gasteiger partial charge in [0.05, 0.1) is 6.54 Å². The Bertz CT molecular complexity index is 583. The second kappa shape index (κ2) is 7.17. The molecule has 2 heterocycles. The molecule has 0 aromatic carbocycles. The lowest BCUT2D eigenvalue weighted by Crippen LogP contribution is -2.27. The molecule has 112 valence electrons. The standard InChI is InChI=1S/C12H18N8O/c1-3-5-14-10-17-11(15-8-9(21)13-2)19-12(18-10)20-7-4-6-16-20/h4,6-7H,3,5,8H2,1-2H3,(H,13,21)(H2,14,15,17,18,19). The van der Waals surface area contributed by atoms with Crippen LogP contribution < -0.4 is 16.0 Å². The number of anilines is 2. The summed E-state index contributed by atoms with van der Waals surface area (Å²) in [6.07, 6.45) is 4.33. The minimum absolute atomic E-state index is 0.0896. The number of hydrogen-bond donors (Lipinski definition) is 3. The van der Waals surface area contributed by atoms with E-state index in [-0.39, 0.29) is 12.5 Å². The fourth-order valence-electron chi connectivity index (χ4n) is 1.50. The number of hydrogen-bond acceptors (Lipinski definition) is 7. The first-order valence-corrected chi connectivity index (χ1v) is 6.67. The van der Waals surface area contributed by atoms with Gasteiger partial charge in [-0.25, -0.2) is 4.68 Å². The van der Waals surface area contributed by atoms with Gasteiger partial charge in [-0.3, -0.25) is 4.79 Å². The van der Waals surface area contributed by atoms with Gasteiger partial charge < -0.3 is 16.0 Å². The zero-order chi connectivity index (χ0) is 15.1. The highest BCUT2D eigenvalue weighted by Crippen LogP contribution is 2.08. The summed E-state index contributed by atoms with van der Waals surface area (Å²) in [5.41, 5.74) is 0. The molecule has 9 nitrogen and oxygen atoms in total. The molecule has 0 unspecified atom stereocenters. The Morgan fingerprint density at radius 2 is 2.00 bits per heavy atom. The van der Waals surface area contributed by atoms with Crippen molar-refractivity contribution in [3.05, 3.63) is 18.5 Å². The van der Waals surface area contributed by atoms with E-state index in [9.17, 15) is 4.79 Å². The maximum atomic E-state index is 11.3. The third-order valence-corrected chi connectivity index (χ3v) is 2.55. The first-order valence-electron chi connectivity index (χ1n) is 6.67. The van der Waals surface area contributed by atoms with Crippen LogP contribution >= 0.6 is 0 Å². The lowest BCUT2D eigenvalue weighted by atomic mass is 10.5. The molecule has 0 saturated heterocycles. The molecule has 0 atom stereocenters. The van der Waals surface area contributed by atoms with Crippen LogP contribution in [0.5, 0.6) is 0 Å². The quantitative estimate of drug-likeness (QED) is 0.660. The highest BCUT2D eigenvalue weighted by molar-refractivity contribution is 5.79. The average molecular weight is 290 g/mol. The molecule has 2 aromatic rings. The molecule has 0 spiro atoms. The maximum Gasteiger partial charge on any atom is 0.257 e. The molecule has 0 fully saturated rings. The van der Waals surface area contributed by atoms with Gasteiger partial charge >= 0.3 is 0 Å². The molecule has 0 aliphatic carbocycles. The summed E-state index contributed by atoms with van der Waals surface area (Å²) in [6.45, 7) is 2.89. The second-order valence-electron chi connectivity index (χ2n) is 4.19. The van der Waals surface area contributed by atoms with Crippen molar-refractivity contribution < 1.29 is 4.79 Å². The van der Waals surface area contributed by atoms with Crippen LogP contribution in [-0.4, -0.2) is 50.8 Å². The molecule has 1 amide bonds. The van der Waals surface area contributed by atoms with E-state index in [1.165, 1.54) is 4.68 Å². The highest BCUT2D eigenvalue weighted by atomic mass is 16.1. The number of rotatable bonds is 7. The van der Waals surface area contributed by atoms with Gasteiger partial charge in [0.25, 0.3) is 5.95 Å². The molecular formula is C12H18N8O. The van der Waals surface area contributed by atoms with Gasteiger partial charge in [-0.2, -0.15) is 20.1 Å². The van der Waals surface area contributed by atoms with Crippen molar-refractivity contribution in [2.45, 2.75) is 13.3 Å². The van der Waals surface area contributed by atoms with Gasteiger partial charge in [0.1, 0.15) is 0 Å². The van der Waals surface area contributed by atoms with Crippen molar-refractivity contribution in [3.8, 4) is 5.95 Å². The van der Waals surface area contributed by atoms with E-state index in [2.05, 4.69) is 36.0 Å². The Labute approximate surface area is 122 Å². The SMILES string of the molecule is CCCNc1nc(NCC(=O)NC)nc(-n2cccn2)n1.